The molecule has 2 aromatic rings. The van der Waals surface area contributed by atoms with E-state index in [4.69, 9.17) is 31.8 Å². The molecule has 5 heteroatoms. The molecule has 19 heavy (non-hydrogen) atoms. The van der Waals surface area contributed by atoms with E-state index in [-0.39, 0.29) is 11.8 Å². The van der Waals surface area contributed by atoms with Gasteiger partial charge in [0.25, 0.3) is 0 Å². The van der Waals surface area contributed by atoms with Crippen molar-refractivity contribution in [1.82, 2.24) is 0 Å². The van der Waals surface area contributed by atoms with Crippen molar-refractivity contribution >= 4 is 28.2 Å². The van der Waals surface area contributed by atoms with Crippen LogP contribution in [0.25, 0.3) is 11.0 Å². The second kappa shape index (κ2) is 5.19. The predicted molar refractivity (Wildman–Crippen MR) is 76.3 cm³/mol. The summed E-state index contributed by atoms with van der Waals surface area (Å²) in [5, 5.41) is 0.861. The third kappa shape index (κ3) is 2.72. The van der Waals surface area contributed by atoms with Crippen molar-refractivity contribution < 1.29 is 13.9 Å². The largest absolute Gasteiger partial charge is 0.463 e. The second-order valence-corrected chi connectivity index (χ2v) is 5.14. The lowest BCUT2D eigenvalue weighted by Gasteiger charge is -2.06. The van der Waals surface area contributed by atoms with Crippen LogP contribution in [0, 0.1) is 5.92 Å². The molecule has 1 aliphatic rings. The fourth-order valence-electron chi connectivity index (χ4n) is 1.93. The number of nitrogens with two attached hydrogens (primary N) is 1. The van der Waals surface area contributed by atoms with Crippen molar-refractivity contribution in [2.24, 2.45) is 11.7 Å². The summed E-state index contributed by atoms with van der Waals surface area (Å²) in [6.07, 6.45) is 2.51. The van der Waals surface area contributed by atoms with Crippen molar-refractivity contribution in [2.75, 3.05) is 13.4 Å². The van der Waals surface area contributed by atoms with Gasteiger partial charge in [-0.25, -0.2) is 0 Å². The highest BCUT2D eigenvalue weighted by Gasteiger charge is 2.22. The summed E-state index contributed by atoms with van der Waals surface area (Å²) in [6, 6.07) is 7.58. The summed E-state index contributed by atoms with van der Waals surface area (Å²) < 4.78 is 16.7. The Kier molecular flexibility index (Phi) is 3.40. The van der Waals surface area contributed by atoms with Crippen molar-refractivity contribution in [1.29, 1.82) is 0 Å². The smallest absolute Gasteiger partial charge is 0.204 e. The first-order valence-corrected chi connectivity index (χ1v) is 6.68. The van der Waals surface area contributed by atoms with Gasteiger partial charge in [0.15, 0.2) is 12.5 Å². The molecule has 1 heterocycles. The van der Waals surface area contributed by atoms with Crippen LogP contribution < -0.4 is 10.5 Å². The molecule has 0 bridgehead atoms. The summed E-state index contributed by atoms with van der Waals surface area (Å²) in [5.74, 6) is 1.69. The monoisotopic (exact) mass is 277 g/mol. The van der Waals surface area contributed by atoms with Crippen LogP contribution in [0.5, 0.6) is 5.75 Å². The van der Waals surface area contributed by atoms with E-state index >= 15 is 0 Å². The molecule has 0 radical (unpaired) electrons. The molecular formula is C14H15NO3S. The lowest BCUT2D eigenvalue weighted by molar-refractivity contribution is 0.0102. The summed E-state index contributed by atoms with van der Waals surface area (Å²) in [4.78, 5) is 0.188. The number of hydrogen-bond donors (Lipinski definition) is 1. The minimum absolute atomic E-state index is 0.188. The lowest BCUT2D eigenvalue weighted by Crippen LogP contribution is -2.12. The van der Waals surface area contributed by atoms with Crippen molar-refractivity contribution in [3.63, 3.8) is 0 Å². The van der Waals surface area contributed by atoms with Crippen molar-refractivity contribution in [2.45, 2.75) is 12.8 Å². The van der Waals surface area contributed by atoms with E-state index in [1.54, 1.807) is 0 Å². The Bertz CT molecular complexity index is 604. The molecule has 1 saturated carbocycles. The Labute approximate surface area is 116 Å². The van der Waals surface area contributed by atoms with Gasteiger partial charge in [0, 0.05) is 0 Å². The third-order valence-electron chi connectivity index (χ3n) is 3.11. The highest BCUT2D eigenvalue weighted by molar-refractivity contribution is 7.80. The molecule has 1 fully saturated rings. The highest BCUT2D eigenvalue weighted by atomic mass is 32.1. The molecule has 100 valence electrons. The van der Waals surface area contributed by atoms with Gasteiger partial charge >= 0.3 is 0 Å². The van der Waals surface area contributed by atoms with Crippen LogP contribution in [0.2, 0.25) is 0 Å². The summed E-state index contributed by atoms with van der Waals surface area (Å²) in [6.45, 7) is 0.938. The number of benzene rings is 1. The van der Waals surface area contributed by atoms with Crippen LogP contribution in [0.15, 0.2) is 28.7 Å². The average Bonchev–Trinajstić information content (AvgIpc) is 3.15. The van der Waals surface area contributed by atoms with E-state index in [2.05, 4.69) is 0 Å². The fraction of sp³-hybridized carbons (Fsp3) is 0.357. The quantitative estimate of drug-likeness (QED) is 0.500. The second-order valence-electron chi connectivity index (χ2n) is 4.70. The zero-order valence-electron chi connectivity index (χ0n) is 10.4. The van der Waals surface area contributed by atoms with Crippen LogP contribution in [0.3, 0.4) is 0 Å². The first-order valence-electron chi connectivity index (χ1n) is 6.27. The molecule has 4 nitrogen and oxygen atoms in total. The molecular weight excluding hydrogens is 262 g/mol. The van der Waals surface area contributed by atoms with Gasteiger partial charge < -0.3 is 19.6 Å². The molecule has 0 amide bonds. The molecule has 0 aliphatic heterocycles. The zero-order chi connectivity index (χ0) is 13.2. The predicted octanol–water partition coefficient (Wildman–Crippen LogP) is 2.83. The Balaban J connectivity index is 1.78. The third-order valence-corrected chi connectivity index (χ3v) is 3.30. The number of rotatable bonds is 6. The number of thiocarbonyl (C=S) groups is 1. The van der Waals surface area contributed by atoms with Gasteiger partial charge in [-0.3, -0.25) is 0 Å². The van der Waals surface area contributed by atoms with Crippen LogP contribution in [-0.4, -0.2) is 18.4 Å². The van der Waals surface area contributed by atoms with E-state index < -0.39 is 0 Å². The van der Waals surface area contributed by atoms with Gasteiger partial charge in [0.05, 0.1) is 12.0 Å². The minimum Gasteiger partial charge on any atom is -0.463 e. The van der Waals surface area contributed by atoms with Gasteiger partial charge in [-0.2, -0.15) is 0 Å². The van der Waals surface area contributed by atoms with Gasteiger partial charge in [0.2, 0.25) is 5.76 Å². The van der Waals surface area contributed by atoms with Crippen molar-refractivity contribution in [3.05, 3.63) is 30.0 Å². The van der Waals surface area contributed by atoms with Gasteiger partial charge in [-0.1, -0.05) is 24.4 Å². The summed E-state index contributed by atoms with van der Waals surface area (Å²) in [5.41, 5.74) is 6.37. The maximum absolute atomic E-state index is 5.66. The van der Waals surface area contributed by atoms with E-state index in [9.17, 15) is 0 Å². The maximum atomic E-state index is 5.66. The van der Waals surface area contributed by atoms with Gasteiger partial charge in [-0.15, -0.1) is 0 Å². The number of fused-ring (bicyclic) bond motifs is 1. The molecule has 0 saturated heterocycles. The topological polar surface area (TPSA) is 57.6 Å². The SMILES string of the molecule is NC(=S)c1oc2ccccc2c1OCOCC1CC1. The molecule has 1 aromatic carbocycles. The Morgan fingerprint density at radius 1 is 1.37 bits per heavy atom. The van der Waals surface area contributed by atoms with E-state index in [1.165, 1.54) is 12.8 Å². The highest BCUT2D eigenvalue weighted by Crippen LogP contribution is 2.33. The first kappa shape index (κ1) is 12.4. The number of hydrogen-bond acceptors (Lipinski definition) is 4. The molecule has 3 rings (SSSR count). The van der Waals surface area contributed by atoms with Crippen LogP contribution in [-0.2, 0) is 4.74 Å². The van der Waals surface area contributed by atoms with E-state index in [1.807, 2.05) is 24.3 Å². The Hall–Kier alpha value is -1.59. The fourth-order valence-corrected chi connectivity index (χ4v) is 2.06. The number of furan rings is 1. The van der Waals surface area contributed by atoms with Crippen LogP contribution in [0.4, 0.5) is 0 Å². The van der Waals surface area contributed by atoms with Crippen LogP contribution in [0.1, 0.15) is 18.6 Å². The van der Waals surface area contributed by atoms with Gasteiger partial charge in [0.1, 0.15) is 10.6 Å². The summed E-state index contributed by atoms with van der Waals surface area (Å²) in [7, 11) is 0. The molecule has 0 unspecified atom stereocenters. The first-order chi connectivity index (χ1) is 9.25. The minimum atomic E-state index is 0.188. The lowest BCUT2D eigenvalue weighted by atomic mass is 10.2. The van der Waals surface area contributed by atoms with Crippen LogP contribution >= 0.6 is 12.2 Å². The Morgan fingerprint density at radius 3 is 2.89 bits per heavy atom. The maximum Gasteiger partial charge on any atom is 0.204 e. The number of ether oxygens (including phenoxy) is 2. The van der Waals surface area contributed by atoms with Gasteiger partial charge in [-0.05, 0) is 30.9 Å². The molecule has 2 N–H and O–H groups in total. The normalized spacial score (nSPS) is 14.7. The standard InChI is InChI=1S/C14H15NO3S/c15-14(19)13-12(17-8-16-7-9-5-6-9)10-3-1-2-4-11(10)18-13/h1-4,9H,5-8H2,(H2,15,19). The molecule has 0 atom stereocenters. The summed E-state index contributed by atoms with van der Waals surface area (Å²) >= 11 is 4.98. The van der Waals surface area contributed by atoms with E-state index in [0.29, 0.717) is 23.0 Å². The molecule has 1 aromatic heterocycles. The molecule has 1 aliphatic carbocycles. The van der Waals surface area contributed by atoms with E-state index in [0.717, 1.165) is 12.0 Å². The van der Waals surface area contributed by atoms with Crippen molar-refractivity contribution in [3.8, 4) is 5.75 Å². The number of para-hydroxylation sites is 1. The zero-order valence-corrected chi connectivity index (χ0v) is 11.2. The average molecular weight is 277 g/mol. The molecule has 0 spiro atoms. The Morgan fingerprint density at radius 2 is 2.16 bits per heavy atom.